The van der Waals surface area contributed by atoms with Gasteiger partial charge in [0.1, 0.15) is 11.6 Å². The number of hydrogen-bond acceptors (Lipinski definition) is 4. The molecular formula is C11H12BrF2NO3. The van der Waals surface area contributed by atoms with E-state index in [0.29, 0.717) is 0 Å². The highest BCUT2D eigenvalue weighted by molar-refractivity contribution is 9.10. The second-order valence-electron chi connectivity index (χ2n) is 3.87. The van der Waals surface area contributed by atoms with E-state index in [4.69, 9.17) is 0 Å². The molecule has 1 atom stereocenters. The summed E-state index contributed by atoms with van der Waals surface area (Å²) in [6, 6.07) is 1.87. The highest BCUT2D eigenvalue weighted by Gasteiger charge is 2.31. The van der Waals surface area contributed by atoms with Gasteiger partial charge in [-0.15, -0.1) is 0 Å². The summed E-state index contributed by atoms with van der Waals surface area (Å²) in [7, 11) is 1.12. The van der Waals surface area contributed by atoms with Crippen molar-refractivity contribution in [2.45, 2.75) is 12.5 Å². The van der Waals surface area contributed by atoms with E-state index < -0.39 is 23.2 Å². The smallest absolute Gasteiger partial charge is 0.339 e. The first-order chi connectivity index (χ1) is 8.27. The Labute approximate surface area is 111 Å². The standard InChI is InChI=1S/C11H12BrF2NO3/c1-11(17,10(16)18-2)5-15-9-4-7(13)6(12)3-8(9)14/h3-4,15,17H,5H2,1-2H3. The summed E-state index contributed by atoms with van der Waals surface area (Å²) in [6.07, 6.45) is 0. The molecule has 0 aliphatic heterocycles. The highest BCUT2D eigenvalue weighted by atomic mass is 79.9. The van der Waals surface area contributed by atoms with E-state index in [2.05, 4.69) is 26.0 Å². The molecule has 0 spiro atoms. The molecule has 7 heteroatoms. The van der Waals surface area contributed by atoms with Gasteiger partial charge in [0.2, 0.25) is 0 Å². The average molecular weight is 324 g/mol. The third kappa shape index (κ3) is 3.39. The van der Waals surface area contributed by atoms with Crippen LogP contribution in [0.25, 0.3) is 0 Å². The molecule has 1 rings (SSSR count). The number of halogens is 3. The molecule has 0 radical (unpaired) electrons. The third-order valence-electron chi connectivity index (χ3n) is 2.26. The Balaban J connectivity index is 2.81. The number of carbonyl (C=O) groups excluding carboxylic acids is 1. The lowest BCUT2D eigenvalue weighted by Gasteiger charge is -2.21. The van der Waals surface area contributed by atoms with Gasteiger partial charge in [-0.1, -0.05) is 0 Å². The van der Waals surface area contributed by atoms with Gasteiger partial charge in [0.25, 0.3) is 0 Å². The van der Waals surface area contributed by atoms with Crippen molar-refractivity contribution < 1.29 is 23.4 Å². The minimum Gasteiger partial charge on any atom is -0.467 e. The Hall–Kier alpha value is -1.21. The molecule has 18 heavy (non-hydrogen) atoms. The van der Waals surface area contributed by atoms with Gasteiger partial charge in [0.05, 0.1) is 23.8 Å². The molecule has 0 aliphatic rings. The largest absolute Gasteiger partial charge is 0.467 e. The lowest BCUT2D eigenvalue weighted by molar-refractivity contribution is -0.158. The highest BCUT2D eigenvalue weighted by Crippen LogP contribution is 2.23. The van der Waals surface area contributed by atoms with Gasteiger partial charge in [-0.2, -0.15) is 0 Å². The fourth-order valence-electron chi connectivity index (χ4n) is 1.22. The molecule has 0 bridgehead atoms. The molecular weight excluding hydrogens is 312 g/mol. The van der Waals surface area contributed by atoms with Crippen molar-refractivity contribution in [2.24, 2.45) is 0 Å². The minimum absolute atomic E-state index is 0.00900. The summed E-state index contributed by atoms with van der Waals surface area (Å²) in [5.41, 5.74) is -1.98. The van der Waals surface area contributed by atoms with Gasteiger partial charge in [-0.25, -0.2) is 13.6 Å². The first-order valence-electron chi connectivity index (χ1n) is 4.97. The number of anilines is 1. The van der Waals surface area contributed by atoms with Gasteiger partial charge in [-0.3, -0.25) is 0 Å². The van der Waals surface area contributed by atoms with Crippen LogP contribution in [0.2, 0.25) is 0 Å². The Kier molecular flexibility index (Phi) is 4.64. The number of hydrogen-bond donors (Lipinski definition) is 2. The van der Waals surface area contributed by atoms with Crippen molar-refractivity contribution in [1.82, 2.24) is 0 Å². The minimum atomic E-state index is -1.83. The molecule has 0 saturated heterocycles. The van der Waals surface area contributed by atoms with Crippen LogP contribution < -0.4 is 5.32 Å². The maximum absolute atomic E-state index is 13.4. The van der Waals surface area contributed by atoms with Crippen molar-refractivity contribution in [1.29, 1.82) is 0 Å². The van der Waals surface area contributed by atoms with E-state index in [1.54, 1.807) is 0 Å². The van der Waals surface area contributed by atoms with E-state index in [1.807, 2.05) is 0 Å². The van der Waals surface area contributed by atoms with Crippen LogP contribution in [0.1, 0.15) is 6.92 Å². The normalized spacial score (nSPS) is 13.9. The van der Waals surface area contributed by atoms with Gasteiger partial charge in [0.15, 0.2) is 5.60 Å². The summed E-state index contributed by atoms with van der Waals surface area (Å²) < 4.78 is 31.0. The predicted octanol–water partition coefficient (Wildman–Crippen LogP) is 2.06. The van der Waals surface area contributed by atoms with Crippen LogP contribution in [0.4, 0.5) is 14.5 Å². The number of nitrogens with one attached hydrogen (secondary N) is 1. The van der Waals surface area contributed by atoms with Crippen LogP contribution in [-0.2, 0) is 9.53 Å². The second-order valence-corrected chi connectivity index (χ2v) is 4.72. The zero-order valence-corrected chi connectivity index (χ0v) is 11.3. The number of carbonyl (C=O) groups is 1. The SMILES string of the molecule is COC(=O)C(C)(O)CNc1cc(F)c(Br)cc1F. The Morgan fingerprint density at radius 2 is 2.11 bits per heavy atom. The summed E-state index contributed by atoms with van der Waals surface area (Å²) in [5, 5.41) is 12.1. The lowest BCUT2D eigenvalue weighted by Crippen LogP contribution is -2.42. The van der Waals surface area contributed by atoms with E-state index >= 15 is 0 Å². The molecule has 1 unspecified atom stereocenters. The fourth-order valence-corrected chi connectivity index (χ4v) is 1.53. The second kappa shape index (κ2) is 5.62. The Morgan fingerprint density at radius 1 is 1.50 bits per heavy atom. The van der Waals surface area contributed by atoms with Crippen LogP contribution in [0.5, 0.6) is 0 Å². The Bertz CT molecular complexity index is 466. The van der Waals surface area contributed by atoms with Crippen LogP contribution >= 0.6 is 15.9 Å². The molecule has 1 aromatic rings. The third-order valence-corrected chi connectivity index (χ3v) is 2.87. The molecule has 1 aromatic carbocycles. The molecule has 0 amide bonds. The van der Waals surface area contributed by atoms with Crippen molar-refractivity contribution in [2.75, 3.05) is 19.0 Å². The van der Waals surface area contributed by atoms with Crippen LogP contribution in [0.3, 0.4) is 0 Å². The van der Waals surface area contributed by atoms with Crippen LogP contribution in [-0.4, -0.2) is 30.3 Å². The van der Waals surface area contributed by atoms with Gasteiger partial charge < -0.3 is 15.2 Å². The summed E-state index contributed by atoms with van der Waals surface area (Å²) in [5.74, 6) is -2.23. The van der Waals surface area contributed by atoms with E-state index in [9.17, 15) is 18.7 Å². The van der Waals surface area contributed by atoms with E-state index in [-0.39, 0.29) is 16.7 Å². The van der Waals surface area contributed by atoms with Crippen molar-refractivity contribution in [3.63, 3.8) is 0 Å². The van der Waals surface area contributed by atoms with Gasteiger partial charge in [-0.05, 0) is 28.9 Å². The number of methoxy groups -OCH3 is 1. The van der Waals surface area contributed by atoms with Gasteiger partial charge in [0, 0.05) is 6.07 Å². The molecule has 4 nitrogen and oxygen atoms in total. The van der Waals surface area contributed by atoms with E-state index in [0.717, 1.165) is 19.2 Å². The van der Waals surface area contributed by atoms with Crippen LogP contribution in [0.15, 0.2) is 16.6 Å². The molecule has 0 heterocycles. The molecule has 100 valence electrons. The first kappa shape index (κ1) is 14.8. The monoisotopic (exact) mass is 323 g/mol. The average Bonchev–Trinajstić information content (AvgIpc) is 2.31. The number of aliphatic hydroxyl groups is 1. The quantitative estimate of drug-likeness (QED) is 0.658. The maximum Gasteiger partial charge on any atom is 0.339 e. The van der Waals surface area contributed by atoms with Crippen LogP contribution in [0, 0.1) is 11.6 Å². The maximum atomic E-state index is 13.4. The van der Waals surface area contributed by atoms with Gasteiger partial charge >= 0.3 is 5.97 Å². The first-order valence-corrected chi connectivity index (χ1v) is 5.76. The number of esters is 1. The Morgan fingerprint density at radius 3 is 2.67 bits per heavy atom. The number of benzene rings is 1. The van der Waals surface area contributed by atoms with Crippen molar-refractivity contribution >= 4 is 27.6 Å². The zero-order valence-electron chi connectivity index (χ0n) is 9.76. The van der Waals surface area contributed by atoms with Crippen molar-refractivity contribution in [3.8, 4) is 0 Å². The molecule has 0 aromatic heterocycles. The summed E-state index contributed by atoms with van der Waals surface area (Å²) >= 11 is 2.84. The summed E-state index contributed by atoms with van der Waals surface area (Å²) in [4.78, 5) is 11.2. The van der Waals surface area contributed by atoms with Crippen molar-refractivity contribution in [3.05, 3.63) is 28.2 Å². The molecule has 2 N–H and O–H groups in total. The molecule has 0 saturated carbocycles. The fraction of sp³-hybridized carbons (Fsp3) is 0.364. The number of rotatable bonds is 4. The number of ether oxygens (including phenoxy) is 1. The lowest BCUT2D eigenvalue weighted by atomic mass is 10.1. The predicted molar refractivity (Wildman–Crippen MR) is 65.2 cm³/mol. The molecule has 0 fully saturated rings. The topological polar surface area (TPSA) is 58.6 Å². The summed E-state index contributed by atoms with van der Waals surface area (Å²) in [6.45, 7) is 0.899. The molecule has 0 aliphatic carbocycles. The van der Waals surface area contributed by atoms with E-state index in [1.165, 1.54) is 6.92 Å². The zero-order chi connectivity index (χ0) is 13.9.